The van der Waals surface area contributed by atoms with Crippen LogP contribution in [0.5, 0.6) is 0 Å². The fourth-order valence-corrected chi connectivity index (χ4v) is 2.64. The first kappa shape index (κ1) is 15.8. The molecule has 1 aliphatic rings. The molecule has 1 aliphatic heterocycles. The topological polar surface area (TPSA) is 66.8 Å². The van der Waals surface area contributed by atoms with Crippen LogP contribution >= 0.6 is 15.9 Å². The van der Waals surface area contributed by atoms with Crippen LogP contribution in [0.3, 0.4) is 0 Å². The lowest BCUT2D eigenvalue weighted by molar-refractivity contribution is -0.142. The Labute approximate surface area is 127 Å². The fraction of sp³-hybridized carbons (Fsp3) is 0.385. The zero-order valence-corrected chi connectivity index (χ0v) is 12.6. The van der Waals surface area contributed by atoms with E-state index in [0.717, 1.165) is 17.0 Å². The lowest BCUT2D eigenvalue weighted by Crippen LogP contribution is -2.44. The van der Waals surface area contributed by atoms with Crippen molar-refractivity contribution in [1.82, 2.24) is 4.90 Å². The Balaban J connectivity index is 2.30. The number of carbonyl (C=O) groups excluding carboxylic acids is 1. The third-order valence-electron chi connectivity index (χ3n) is 3.41. The van der Waals surface area contributed by atoms with Crippen molar-refractivity contribution in [2.24, 2.45) is 5.92 Å². The van der Waals surface area contributed by atoms with Crippen molar-refractivity contribution >= 4 is 27.8 Å². The van der Waals surface area contributed by atoms with Gasteiger partial charge in [0.2, 0.25) is 0 Å². The molecule has 8 heteroatoms. The molecule has 1 N–H and O–H groups in total. The van der Waals surface area contributed by atoms with Gasteiger partial charge in [-0.2, -0.15) is 0 Å². The van der Waals surface area contributed by atoms with E-state index in [9.17, 15) is 18.4 Å². The highest BCUT2D eigenvalue weighted by Gasteiger charge is 2.39. The van der Waals surface area contributed by atoms with E-state index >= 15 is 0 Å². The fourth-order valence-electron chi connectivity index (χ4n) is 2.23. The van der Waals surface area contributed by atoms with Crippen LogP contribution in [-0.4, -0.2) is 48.2 Å². The first-order valence-electron chi connectivity index (χ1n) is 6.05. The summed E-state index contributed by atoms with van der Waals surface area (Å²) in [5.74, 6) is -4.97. The number of halogens is 3. The van der Waals surface area contributed by atoms with Crippen LogP contribution in [0, 0.1) is 17.6 Å². The minimum atomic E-state index is -1.12. The van der Waals surface area contributed by atoms with Crippen LogP contribution in [0.2, 0.25) is 0 Å². The number of likely N-dealkylation sites (N-methyl/N-ethyl adjacent to an activating group) is 1. The van der Waals surface area contributed by atoms with Crippen molar-refractivity contribution in [2.75, 3.05) is 20.3 Å². The normalized spacial score (nSPS) is 21.3. The highest BCUT2D eigenvalue weighted by Crippen LogP contribution is 2.24. The van der Waals surface area contributed by atoms with E-state index in [-0.39, 0.29) is 17.7 Å². The van der Waals surface area contributed by atoms with Gasteiger partial charge in [0, 0.05) is 11.5 Å². The number of carbonyl (C=O) groups is 2. The molecule has 0 radical (unpaired) electrons. The zero-order chi connectivity index (χ0) is 15.7. The zero-order valence-electron chi connectivity index (χ0n) is 11.0. The minimum Gasteiger partial charge on any atom is -0.481 e. The van der Waals surface area contributed by atoms with E-state index in [1.54, 1.807) is 0 Å². The molecule has 2 rings (SSSR count). The quantitative estimate of drug-likeness (QED) is 0.890. The molecule has 1 aromatic rings. The van der Waals surface area contributed by atoms with Gasteiger partial charge in [0.25, 0.3) is 5.91 Å². The number of carboxylic acid groups (broad SMARTS) is 1. The van der Waals surface area contributed by atoms with Crippen molar-refractivity contribution in [3.8, 4) is 0 Å². The molecule has 21 heavy (non-hydrogen) atoms. The monoisotopic (exact) mass is 363 g/mol. The third-order valence-corrected chi connectivity index (χ3v) is 3.86. The smallest absolute Gasteiger partial charge is 0.311 e. The van der Waals surface area contributed by atoms with Gasteiger partial charge in [0.05, 0.1) is 19.3 Å². The van der Waals surface area contributed by atoms with E-state index in [2.05, 4.69) is 15.9 Å². The van der Waals surface area contributed by atoms with Gasteiger partial charge < -0.3 is 14.7 Å². The van der Waals surface area contributed by atoms with Crippen molar-refractivity contribution in [2.45, 2.75) is 6.04 Å². The lowest BCUT2D eigenvalue weighted by atomic mass is 10.0. The Bertz CT molecular complexity index is 573. The maximum absolute atomic E-state index is 13.8. The lowest BCUT2D eigenvalue weighted by Gasteiger charge is -2.26. The van der Waals surface area contributed by atoms with Crippen LogP contribution in [0.25, 0.3) is 0 Å². The summed E-state index contributed by atoms with van der Waals surface area (Å²) in [6, 6.07) is 1.19. The van der Waals surface area contributed by atoms with Gasteiger partial charge in [0.15, 0.2) is 0 Å². The number of benzene rings is 1. The van der Waals surface area contributed by atoms with Crippen molar-refractivity contribution < 1.29 is 28.2 Å². The molecule has 0 spiro atoms. The average molecular weight is 364 g/mol. The Kier molecular flexibility index (Phi) is 4.58. The predicted octanol–water partition coefficient (Wildman–Crippen LogP) is 1.90. The van der Waals surface area contributed by atoms with E-state index in [1.165, 1.54) is 7.05 Å². The molecule has 0 aromatic heterocycles. The third kappa shape index (κ3) is 3.06. The minimum absolute atomic E-state index is 0.0129. The SMILES string of the molecule is CN(C(=O)c1c(F)cc(Br)cc1F)C1COCC1C(=O)O. The Hall–Kier alpha value is -1.54. The molecule has 1 amide bonds. The van der Waals surface area contributed by atoms with E-state index in [4.69, 9.17) is 9.84 Å². The second kappa shape index (κ2) is 6.07. The Morgan fingerprint density at radius 3 is 2.43 bits per heavy atom. The average Bonchev–Trinajstić information content (AvgIpc) is 2.85. The summed E-state index contributed by atoms with van der Waals surface area (Å²) in [6.45, 7) is -0.0259. The number of amides is 1. The molecule has 1 fully saturated rings. The number of carboxylic acids is 1. The van der Waals surface area contributed by atoms with Gasteiger partial charge in [-0.25, -0.2) is 8.78 Å². The van der Waals surface area contributed by atoms with Gasteiger partial charge in [-0.05, 0) is 12.1 Å². The summed E-state index contributed by atoms with van der Waals surface area (Å²) in [6.07, 6.45) is 0. The summed E-state index contributed by atoms with van der Waals surface area (Å²) in [5, 5.41) is 9.06. The summed E-state index contributed by atoms with van der Waals surface area (Å²) >= 11 is 2.93. The van der Waals surface area contributed by atoms with Gasteiger partial charge >= 0.3 is 5.97 Å². The van der Waals surface area contributed by atoms with Crippen molar-refractivity contribution in [1.29, 1.82) is 0 Å². The molecule has 1 aromatic carbocycles. The first-order chi connectivity index (χ1) is 9.82. The van der Waals surface area contributed by atoms with Gasteiger partial charge in [0.1, 0.15) is 23.1 Å². The number of rotatable bonds is 3. The molecule has 2 unspecified atom stereocenters. The highest BCUT2D eigenvalue weighted by molar-refractivity contribution is 9.10. The first-order valence-corrected chi connectivity index (χ1v) is 6.84. The Morgan fingerprint density at radius 2 is 1.90 bits per heavy atom. The molecule has 1 saturated heterocycles. The molecular weight excluding hydrogens is 352 g/mol. The number of aliphatic carboxylic acids is 1. The van der Waals surface area contributed by atoms with Crippen LogP contribution < -0.4 is 0 Å². The summed E-state index contributed by atoms with van der Waals surface area (Å²) in [4.78, 5) is 24.3. The molecular formula is C13H12BrF2NO4. The molecule has 5 nitrogen and oxygen atoms in total. The maximum atomic E-state index is 13.8. The second-order valence-electron chi connectivity index (χ2n) is 4.71. The van der Waals surface area contributed by atoms with Crippen molar-refractivity contribution in [3.63, 3.8) is 0 Å². The Morgan fingerprint density at radius 1 is 1.33 bits per heavy atom. The van der Waals surface area contributed by atoms with Crippen LogP contribution in [-0.2, 0) is 9.53 Å². The summed E-state index contributed by atoms with van der Waals surface area (Å²) < 4.78 is 32.8. The van der Waals surface area contributed by atoms with Crippen LogP contribution in [0.15, 0.2) is 16.6 Å². The van der Waals surface area contributed by atoms with E-state index in [1.807, 2.05) is 0 Å². The predicted molar refractivity (Wildman–Crippen MR) is 71.9 cm³/mol. The highest BCUT2D eigenvalue weighted by atomic mass is 79.9. The molecule has 114 valence electrons. The summed E-state index contributed by atoms with van der Waals surface area (Å²) in [5.41, 5.74) is -0.711. The van der Waals surface area contributed by atoms with E-state index in [0.29, 0.717) is 0 Å². The van der Waals surface area contributed by atoms with Gasteiger partial charge in [-0.3, -0.25) is 9.59 Å². The van der Waals surface area contributed by atoms with Gasteiger partial charge in [-0.1, -0.05) is 15.9 Å². The molecule has 0 saturated carbocycles. The largest absolute Gasteiger partial charge is 0.481 e. The number of hydrogen-bond acceptors (Lipinski definition) is 3. The van der Waals surface area contributed by atoms with Gasteiger partial charge in [-0.15, -0.1) is 0 Å². The molecule has 1 heterocycles. The second-order valence-corrected chi connectivity index (χ2v) is 5.63. The van der Waals surface area contributed by atoms with Crippen LogP contribution in [0.1, 0.15) is 10.4 Å². The molecule has 0 aliphatic carbocycles. The maximum Gasteiger partial charge on any atom is 0.311 e. The standard InChI is InChI=1S/C13H12BrF2NO4/c1-17(10-5-21-4-7(10)13(19)20)12(18)11-8(15)2-6(14)3-9(11)16/h2-3,7,10H,4-5H2,1H3,(H,19,20). The van der Waals surface area contributed by atoms with Crippen molar-refractivity contribution in [3.05, 3.63) is 33.8 Å². The summed E-state index contributed by atoms with van der Waals surface area (Å²) in [7, 11) is 1.30. The number of nitrogens with zero attached hydrogens (tertiary/aromatic N) is 1. The number of hydrogen-bond donors (Lipinski definition) is 1. The molecule has 0 bridgehead atoms. The number of ether oxygens (including phenoxy) is 1. The van der Waals surface area contributed by atoms with Crippen LogP contribution in [0.4, 0.5) is 8.78 Å². The molecule has 2 atom stereocenters. The van der Waals surface area contributed by atoms with E-state index < -0.39 is 41.0 Å².